The number of benzene rings is 2. The quantitative estimate of drug-likeness (QED) is 0.859. The van der Waals surface area contributed by atoms with Crippen molar-refractivity contribution in [3.63, 3.8) is 0 Å². The molecule has 5 nitrogen and oxygen atoms in total. The van der Waals surface area contributed by atoms with E-state index in [9.17, 15) is 4.79 Å². The number of rotatable bonds is 4. The lowest BCUT2D eigenvalue weighted by Crippen LogP contribution is -2.14. The number of nitriles is 1. The molecule has 0 saturated heterocycles. The third kappa shape index (κ3) is 3.27. The predicted molar refractivity (Wildman–Crippen MR) is 73.4 cm³/mol. The number of carboxylic acid groups (broad SMARTS) is 1. The minimum Gasteiger partial charge on any atom is -0.479 e. The fraction of sp³-hybridized carbons (Fsp3) is 0.0667. The fourth-order valence-corrected chi connectivity index (χ4v) is 1.61. The number of aliphatic carboxylic acids is 1. The molecule has 0 spiro atoms. The largest absolute Gasteiger partial charge is 0.479 e. The van der Waals surface area contributed by atoms with Crippen molar-refractivity contribution in [2.24, 2.45) is 10.2 Å². The fourth-order valence-electron chi connectivity index (χ4n) is 1.61. The number of azo groups is 1. The Morgan fingerprint density at radius 3 is 2.20 bits per heavy atom. The van der Waals surface area contributed by atoms with Crippen LogP contribution in [-0.4, -0.2) is 17.1 Å². The highest BCUT2D eigenvalue weighted by Gasteiger charge is 2.14. The van der Waals surface area contributed by atoms with Crippen LogP contribution in [0.15, 0.2) is 64.8 Å². The summed E-state index contributed by atoms with van der Waals surface area (Å²) >= 11 is 0. The second kappa shape index (κ2) is 6.25. The normalized spacial score (nSPS) is 11.9. The number of hydrogen-bond acceptors (Lipinski definition) is 4. The molecule has 1 N–H and O–H groups in total. The van der Waals surface area contributed by atoms with Gasteiger partial charge in [-0.25, -0.2) is 4.79 Å². The second-order valence-electron chi connectivity index (χ2n) is 4.00. The number of carboxylic acids is 1. The van der Waals surface area contributed by atoms with Crippen LogP contribution in [0.3, 0.4) is 0 Å². The van der Waals surface area contributed by atoms with E-state index in [4.69, 9.17) is 10.4 Å². The van der Waals surface area contributed by atoms with Gasteiger partial charge >= 0.3 is 5.97 Å². The van der Waals surface area contributed by atoms with Crippen LogP contribution in [0, 0.1) is 11.3 Å². The molecule has 2 aromatic carbocycles. The van der Waals surface area contributed by atoms with Crippen LogP contribution < -0.4 is 0 Å². The Morgan fingerprint density at radius 1 is 1.05 bits per heavy atom. The molecule has 1 atom stereocenters. The summed E-state index contributed by atoms with van der Waals surface area (Å²) in [4.78, 5) is 10.6. The van der Waals surface area contributed by atoms with Crippen molar-refractivity contribution in [3.05, 3.63) is 54.6 Å². The van der Waals surface area contributed by atoms with Crippen LogP contribution in [0.25, 0.3) is 11.1 Å². The van der Waals surface area contributed by atoms with Crippen LogP contribution in [0.2, 0.25) is 0 Å². The van der Waals surface area contributed by atoms with Crippen molar-refractivity contribution in [1.82, 2.24) is 0 Å². The maximum absolute atomic E-state index is 10.6. The molecule has 2 rings (SSSR count). The predicted octanol–water partition coefficient (Wildman–Crippen LogP) is 3.41. The van der Waals surface area contributed by atoms with Crippen molar-refractivity contribution in [2.75, 3.05) is 0 Å². The van der Waals surface area contributed by atoms with E-state index in [-0.39, 0.29) is 0 Å². The van der Waals surface area contributed by atoms with Gasteiger partial charge in [-0.2, -0.15) is 15.5 Å². The first-order valence-electron chi connectivity index (χ1n) is 5.89. The minimum absolute atomic E-state index is 0.506. The summed E-state index contributed by atoms with van der Waals surface area (Å²) in [5.74, 6) is -1.31. The molecule has 20 heavy (non-hydrogen) atoms. The van der Waals surface area contributed by atoms with Crippen molar-refractivity contribution < 1.29 is 9.90 Å². The summed E-state index contributed by atoms with van der Waals surface area (Å²) in [7, 11) is 0. The van der Waals surface area contributed by atoms with Crippen LogP contribution in [0.1, 0.15) is 0 Å². The molecule has 2 aromatic rings. The maximum atomic E-state index is 10.6. The Bertz CT molecular complexity index is 658. The average Bonchev–Trinajstić information content (AvgIpc) is 2.49. The standard InChI is InChI=1S/C15H11N3O2/c16-10-14(15(19)20)18-17-13-8-6-12(7-9-13)11-4-2-1-3-5-11/h1-9,14H,(H,19,20). The van der Waals surface area contributed by atoms with Gasteiger partial charge in [0.05, 0.1) is 5.69 Å². The van der Waals surface area contributed by atoms with Gasteiger partial charge in [0, 0.05) is 0 Å². The molecule has 0 aliphatic carbocycles. The zero-order valence-corrected chi connectivity index (χ0v) is 10.5. The molecular weight excluding hydrogens is 254 g/mol. The summed E-state index contributed by atoms with van der Waals surface area (Å²) in [5.41, 5.74) is 2.61. The van der Waals surface area contributed by atoms with E-state index in [1.54, 1.807) is 18.2 Å². The first-order valence-corrected chi connectivity index (χ1v) is 5.89. The van der Waals surface area contributed by atoms with Gasteiger partial charge in [-0.1, -0.05) is 42.5 Å². The molecule has 0 saturated carbocycles. The van der Waals surface area contributed by atoms with E-state index >= 15 is 0 Å². The topological polar surface area (TPSA) is 85.8 Å². The SMILES string of the molecule is N#CC(N=Nc1ccc(-c2ccccc2)cc1)C(=O)O. The highest BCUT2D eigenvalue weighted by molar-refractivity contribution is 5.76. The summed E-state index contributed by atoms with van der Waals surface area (Å²) in [6.07, 6.45) is 0. The summed E-state index contributed by atoms with van der Waals surface area (Å²) < 4.78 is 0. The number of hydrogen-bond donors (Lipinski definition) is 1. The molecule has 0 radical (unpaired) electrons. The van der Waals surface area contributed by atoms with Gasteiger partial charge in [0.15, 0.2) is 0 Å². The van der Waals surface area contributed by atoms with E-state index in [0.717, 1.165) is 11.1 Å². The van der Waals surface area contributed by atoms with E-state index in [1.165, 1.54) is 0 Å². The molecule has 0 amide bonds. The van der Waals surface area contributed by atoms with Crippen molar-refractivity contribution in [3.8, 4) is 17.2 Å². The number of nitrogens with zero attached hydrogens (tertiary/aromatic N) is 3. The van der Waals surface area contributed by atoms with E-state index in [0.29, 0.717) is 5.69 Å². The van der Waals surface area contributed by atoms with Gasteiger partial charge in [0.1, 0.15) is 6.07 Å². The molecule has 0 fully saturated rings. The summed E-state index contributed by atoms with van der Waals surface area (Å²) in [5, 5.41) is 24.5. The summed E-state index contributed by atoms with van der Waals surface area (Å²) in [6, 6.07) is 17.1. The Balaban J connectivity index is 2.15. The highest BCUT2D eigenvalue weighted by atomic mass is 16.4. The Morgan fingerprint density at radius 2 is 1.65 bits per heavy atom. The molecule has 98 valence electrons. The second-order valence-corrected chi connectivity index (χ2v) is 4.00. The Labute approximate surface area is 115 Å². The number of carbonyl (C=O) groups is 1. The minimum atomic E-state index is -1.47. The van der Waals surface area contributed by atoms with E-state index in [2.05, 4.69) is 10.2 Å². The molecule has 5 heteroatoms. The van der Waals surface area contributed by atoms with Gasteiger partial charge in [0.25, 0.3) is 6.04 Å². The Hall–Kier alpha value is -3.00. The third-order valence-electron chi connectivity index (χ3n) is 2.62. The lowest BCUT2D eigenvalue weighted by Gasteiger charge is -2.01. The first-order chi connectivity index (χ1) is 9.70. The zero-order chi connectivity index (χ0) is 14.4. The lowest BCUT2D eigenvalue weighted by molar-refractivity contribution is -0.137. The van der Waals surface area contributed by atoms with Crippen LogP contribution in [0.5, 0.6) is 0 Å². The maximum Gasteiger partial charge on any atom is 0.345 e. The van der Waals surface area contributed by atoms with Crippen LogP contribution in [-0.2, 0) is 4.79 Å². The molecule has 0 bridgehead atoms. The molecular formula is C15H11N3O2. The van der Waals surface area contributed by atoms with Gasteiger partial charge in [-0.3, -0.25) is 0 Å². The molecule has 0 aliphatic heterocycles. The highest BCUT2D eigenvalue weighted by Crippen LogP contribution is 2.22. The van der Waals surface area contributed by atoms with Crippen LogP contribution in [0.4, 0.5) is 5.69 Å². The van der Waals surface area contributed by atoms with Gasteiger partial charge in [-0.05, 0) is 23.3 Å². The zero-order valence-electron chi connectivity index (χ0n) is 10.5. The van der Waals surface area contributed by atoms with Crippen molar-refractivity contribution in [1.29, 1.82) is 5.26 Å². The lowest BCUT2D eigenvalue weighted by atomic mass is 10.1. The van der Waals surface area contributed by atoms with E-state index < -0.39 is 12.0 Å². The molecule has 1 unspecified atom stereocenters. The average molecular weight is 265 g/mol. The third-order valence-corrected chi connectivity index (χ3v) is 2.62. The molecule has 0 aromatic heterocycles. The van der Waals surface area contributed by atoms with Crippen molar-refractivity contribution >= 4 is 11.7 Å². The molecule has 0 aliphatic rings. The Kier molecular flexibility index (Phi) is 4.20. The van der Waals surface area contributed by atoms with Crippen molar-refractivity contribution in [2.45, 2.75) is 6.04 Å². The first kappa shape index (κ1) is 13.4. The smallest absolute Gasteiger partial charge is 0.345 e. The van der Waals surface area contributed by atoms with Gasteiger partial charge in [-0.15, -0.1) is 0 Å². The molecule has 0 heterocycles. The van der Waals surface area contributed by atoms with Crippen LogP contribution >= 0.6 is 0 Å². The van der Waals surface area contributed by atoms with Gasteiger partial charge < -0.3 is 5.11 Å². The van der Waals surface area contributed by atoms with Gasteiger partial charge in [0.2, 0.25) is 0 Å². The van der Waals surface area contributed by atoms with E-state index in [1.807, 2.05) is 42.5 Å². The summed E-state index contributed by atoms with van der Waals surface area (Å²) in [6.45, 7) is 0. The monoisotopic (exact) mass is 265 g/mol.